The molecule has 0 aliphatic rings. The van der Waals surface area contributed by atoms with Crippen LogP contribution in [-0.2, 0) is 0 Å². The van der Waals surface area contributed by atoms with Gasteiger partial charge in [0.1, 0.15) is 5.82 Å². The van der Waals surface area contributed by atoms with Crippen LogP contribution in [0.2, 0.25) is 0 Å². The van der Waals surface area contributed by atoms with Crippen LogP contribution in [0, 0.1) is 5.92 Å². The van der Waals surface area contributed by atoms with Gasteiger partial charge in [-0.25, -0.2) is 4.98 Å². The number of hydrogen-bond donors (Lipinski definition) is 2. The molecule has 3 heteroatoms. The zero-order valence-electron chi connectivity index (χ0n) is 9.83. The molecule has 1 rings (SSSR count). The smallest absolute Gasteiger partial charge is 0.146 e. The molecule has 1 heterocycles. The summed E-state index contributed by atoms with van der Waals surface area (Å²) in [5, 5.41) is 3.42. The van der Waals surface area contributed by atoms with Crippen molar-refractivity contribution < 1.29 is 0 Å². The van der Waals surface area contributed by atoms with Gasteiger partial charge in [-0.15, -0.1) is 0 Å². The molecular weight excluding hydrogens is 186 g/mol. The van der Waals surface area contributed by atoms with Crippen molar-refractivity contribution in [2.45, 2.75) is 39.7 Å². The number of anilines is 2. The molecule has 1 aromatic rings. The summed E-state index contributed by atoms with van der Waals surface area (Å²) in [6.45, 7) is 6.64. The molecule has 3 N–H and O–H groups in total. The molecule has 0 bridgehead atoms. The van der Waals surface area contributed by atoms with E-state index in [1.165, 1.54) is 12.8 Å². The van der Waals surface area contributed by atoms with E-state index in [-0.39, 0.29) is 0 Å². The summed E-state index contributed by atoms with van der Waals surface area (Å²) in [6.07, 6.45) is 4.08. The van der Waals surface area contributed by atoms with Gasteiger partial charge >= 0.3 is 0 Å². The van der Waals surface area contributed by atoms with Gasteiger partial charge in [-0.1, -0.05) is 26.7 Å². The van der Waals surface area contributed by atoms with Crippen LogP contribution >= 0.6 is 0 Å². The first-order chi connectivity index (χ1) is 7.19. The van der Waals surface area contributed by atoms with Gasteiger partial charge in [-0.05, 0) is 25.0 Å². The van der Waals surface area contributed by atoms with Gasteiger partial charge in [-0.2, -0.15) is 0 Å². The monoisotopic (exact) mass is 207 g/mol. The third-order valence-corrected chi connectivity index (χ3v) is 2.98. The maximum Gasteiger partial charge on any atom is 0.146 e. The van der Waals surface area contributed by atoms with Crippen molar-refractivity contribution in [2.24, 2.45) is 5.92 Å². The van der Waals surface area contributed by atoms with Crippen LogP contribution in [0.3, 0.4) is 0 Å². The Bertz CT molecular complexity index is 295. The first-order valence-corrected chi connectivity index (χ1v) is 5.66. The second kappa shape index (κ2) is 5.59. The van der Waals surface area contributed by atoms with Crippen molar-refractivity contribution >= 4 is 11.5 Å². The quantitative estimate of drug-likeness (QED) is 0.780. The van der Waals surface area contributed by atoms with Gasteiger partial charge in [0.05, 0.1) is 5.69 Å². The summed E-state index contributed by atoms with van der Waals surface area (Å²) in [6, 6.07) is 4.31. The maximum atomic E-state index is 5.78. The number of nitrogen functional groups attached to an aromatic ring is 1. The zero-order chi connectivity index (χ0) is 11.3. The topological polar surface area (TPSA) is 50.9 Å². The second-order valence-electron chi connectivity index (χ2n) is 3.95. The molecule has 1 unspecified atom stereocenters. The fourth-order valence-electron chi connectivity index (χ4n) is 1.90. The fraction of sp³-hybridized carbons (Fsp3) is 0.583. The largest absolute Gasteiger partial charge is 0.382 e. The van der Waals surface area contributed by atoms with Gasteiger partial charge in [0.25, 0.3) is 0 Å². The molecule has 0 saturated heterocycles. The fourth-order valence-corrected chi connectivity index (χ4v) is 1.90. The lowest BCUT2D eigenvalue weighted by atomic mass is 9.95. The highest BCUT2D eigenvalue weighted by molar-refractivity contribution is 5.61. The van der Waals surface area contributed by atoms with Crippen molar-refractivity contribution in [1.29, 1.82) is 0 Å². The standard InChI is InChI=1S/C12H21N3/c1-4-10(5-2)9(3)15-11-7-6-8-14-12(11)13/h6-10,15H,4-5H2,1-3H3,(H2,13,14). The first kappa shape index (κ1) is 11.8. The van der Waals surface area contributed by atoms with Crippen molar-refractivity contribution in [2.75, 3.05) is 11.1 Å². The minimum Gasteiger partial charge on any atom is -0.382 e. The summed E-state index contributed by atoms with van der Waals surface area (Å²) >= 11 is 0. The molecule has 0 amide bonds. The van der Waals surface area contributed by atoms with E-state index in [0.717, 1.165) is 5.69 Å². The summed E-state index contributed by atoms with van der Waals surface area (Å²) < 4.78 is 0. The highest BCUT2D eigenvalue weighted by Gasteiger charge is 2.13. The maximum absolute atomic E-state index is 5.78. The van der Waals surface area contributed by atoms with E-state index in [4.69, 9.17) is 5.73 Å². The summed E-state index contributed by atoms with van der Waals surface area (Å²) in [7, 11) is 0. The van der Waals surface area contributed by atoms with Gasteiger partial charge in [0.15, 0.2) is 0 Å². The van der Waals surface area contributed by atoms with Crippen molar-refractivity contribution in [3.8, 4) is 0 Å². The second-order valence-corrected chi connectivity index (χ2v) is 3.95. The lowest BCUT2D eigenvalue weighted by Gasteiger charge is -2.23. The molecule has 1 atom stereocenters. The Morgan fingerprint density at radius 1 is 1.40 bits per heavy atom. The average molecular weight is 207 g/mol. The Morgan fingerprint density at radius 3 is 2.60 bits per heavy atom. The third-order valence-electron chi connectivity index (χ3n) is 2.98. The van der Waals surface area contributed by atoms with E-state index >= 15 is 0 Å². The predicted octanol–water partition coefficient (Wildman–Crippen LogP) is 2.90. The summed E-state index contributed by atoms with van der Waals surface area (Å²) in [5.41, 5.74) is 6.72. The molecule has 1 aromatic heterocycles. The van der Waals surface area contributed by atoms with Crippen LogP contribution in [0.5, 0.6) is 0 Å². The number of nitrogens with two attached hydrogens (primary N) is 1. The van der Waals surface area contributed by atoms with Gasteiger partial charge in [-0.3, -0.25) is 0 Å². The molecule has 0 aliphatic heterocycles. The van der Waals surface area contributed by atoms with Crippen LogP contribution in [-0.4, -0.2) is 11.0 Å². The SMILES string of the molecule is CCC(CC)C(C)Nc1cccnc1N. The Morgan fingerprint density at radius 2 is 2.07 bits per heavy atom. The van der Waals surface area contributed by atoms with Crippen LogP contribution < -0.4 is 11.1 Å². The van der Waals surface area contributed by atoms with E-state index in [1.54, 1.807) is 6.20 Å². The number of nitrogens with one attached hydrogen (secondary N) is 1. The Hall–Kier alpha value is -1.25. The summed E-state index contributed by atoms with van der Waals surface area (Å²) in [5.74, 6) is 1.26. The third kappa shape index (κ3) is 3.11. The number of pyridine rings is 1. The number of aromatic nitrogens is 1. The Kier molecular flexibility index (Phi) is 4.40. The van der Waals surface area contributed by atoms with Crippen LogP contribution in [0.15, 0.2) is 18.3 Å². The number of rotatable bonds is 5. The Labute approximate surface area is 92.1 Å². The number of hydrogen-bond acceptors (Lipinski definition) is 3. The lowest BCUT2D eigenvalue weighted by Crippen LogP contribution is -2.25. The summed E-state index contributed by atoms with van der Waals surface area (Å²) in [4.78, 5) is 4.06. The van der Waals surface area contributed by atoms with Crippen molar-refractivity contribution in [1.82, 2.24) is 4.98 Å². The highest BCUT2D eigenvalue weighted by atomic mass is 15.0. The van der Waals surface area contributed by atoms with Crippen LogP contribution in [0.25, 0.3) is 0 Å². The number of nitrogens with zero attached hydrogens (tertiary/aromatic N) is 1. The predicted molar refractivity (Wildman–Crippen MR) is 65.8 cm³/mol. The Balaban J connectivity index is 2.65. The molecule has 0 aromatic carbocycles. The molecule has 0 saturated carbocycles. The first-order valence-electron chi connectivity index (χ1n) is 5.66. The van der Waals surface area contributed by atoms with E-state index in [2.05, 4.69) is 31.1 Å². The molecule has 0 aliphatic carbocycles. The highest BCUT2D eigenvalue weighted by Crippen LogP contribution is 2.20. The van der Waals surface area contributed by atoms with Crippen molar-refractivity contribution in [3.05, 3.63) is 18.3 Å². The van der Waals surface area contributed by atoms with E-state index in [0.29, 0.717) is 17.8 Å². The molecule has 3 nitrogen and oxygen atoms in total. The minimum atomic E-state index is 0.437. The van der Waals surface area contributed by atoms with Crippen molar-refractivity contribution in [3.63, 3.8) is 0 Å². The molecule has 84 valence electrons. The molecule has 0 spiro atoms. The lowest BCUT2D eigenvalue weighted by molar-refractivity contribution is 0.438. The normalized spacial score (nSPS) is 12.8. The molecule has 0 fully saturated rings. The van der Waals surface area contributed by atoms with Crippen LogP contribution in [0.4, 0.5) is 11.5 Å². The van der Waals surface area contributed by atoms with Gasteiger partial charge in [0, 0.05) is 12.2 Å². The average Bonchev–Trinajstić information content (AvgIpc) is 2.23. The molecule has 0 radical (unpaired) electrons. The van der Waals surface area contributed by atoms with E-state index in [1.807, 2.05) is 12.1 Å². The minimum absolute atomic E-state index is 0.437. The molecular formula is C12H21N3. The van der Waals surface area contributed by atoms with E-state index in [9.17, 15) is 0 Å². The van der Waals surface area contributed by atoms with E-state index < -0.39 is 0 Å². The van der Waals surface area contributed by atoms with Gasteiger partial charge < -0.3 is 11.1 Å². The van der Waals surface area contributed by atoms with Crippen LogP contribution in [0.1, 0.15) is 33.6 Å². The molecule has 15 heavy (non-hydrogen) atoms. The van der Waals surface area contributed by atoms with Gasteiger partial charge in [0.2, 0.25) is 0 Å². The zero-order valence-corrected chi connectivity index (χ0v) is 9.83.